The predicted octanol–water partition coefficient (Wildman–Crippen LogP) is 1.49. The summed E-state index contributed by atoms with van der Waals surface area (Å²) >= 11 is 0. The molecule has 0 aromatic carbocycles. The molecule has 1 amide bonds. The molecule has 0 bridgehead atoms. The van der Waals surface area contributed by atoms with Crippen LogP contribution in [0, 0.1) is 13.8 Å². The minimum atomic E-state index is -0.383. The van der Waals surface area contributed by atoms with Gasteiger partial charge in [0.1, 0.15) is 17.7 Å². The Morgan fingerprint density at radius 1 is 1.35 bits per heavy atom. The molecule has 0 fully saturated rings. The molecule has 0 saturated carbocycles. The first-order valence-electron chi connectivity index (χ1n) is 7.76. The molecule has 7 nitrogen and oxygen atoms in total. The van der Waals surface area contributed by atoms with Crippen molar-refractivity contribution in [2.45, 2.75) is 46.7 Å². The lowest BCUT2D eigenvalue weighted by Gasteiger charge is -2.17. The molecular formula is C16H23N5O2. The summed E-state index contributed by atoms with van der Waals surface area (Å²) in [5.41, 5.74) is 1.61. The highest BCUT2D eigenvalue weighted by molar-refractivity contribution is 5.94. The molecule has 2 aromatic heterocycles. The molecule has 2 heterocycles. The quantitative estimate of drug-likeness (QED) is 0.906. The number of nitrogens with one attached hydrogen (secondary N) is 1. The van der Waals surface area contributed by atoms with Gasteiger partial charge >= 0.3 is 0 Å². The number of rotatable bonds is 5. The summed E-state index contributed by atoms with van der Waals surface area (Å²) in [5, 5.41) is 7.03. The van der Waals surface area contributed by atoms with Crippen LogP contribution < -0.4 is 10.9 Å². The van der Waals surface area contributed by atoms with Crippen molar-refractivity contribution < 1.29 is 4.79 Å². The molecule has 0 aliphatic carbocycles. The highest BCUT2D eigenvalue weighted by Gasteiger charge is 2.21. The van der Waals surface area contributed by atoms with Gasteiger partial charge in [-0.15, -0.1) is 0 Å². The standard InChI is InChI=1S/C16H23N5O2/c1-6-13(14-17-9-18-21(14)7-2)19-15(22)12-8-10(3)11(4)20(5)16(12)23/h8-9,13H,6-7H2,1-5H3,(H,19,22)/t13-/m0/s1. The number of nitrogens with zero attached hydrogens (tertiary/aromatic N) is 4. The van der Waals surface area contributed by atoms with Gasteiger partial charge in [-0.05, 0) is 38.8 Å². The van der Waals surface area contributed by atoms with Crippen molar-refractivity contribution in [1.82, 2.24) is 24.6 Å². The van der Waals surface area contributed by atoms with Gasteiger partial charge in [-0.2, -0.15) is 5.10 Å². The van der Waals surface area contributed by atoms with Gasteiger partial charge in [0.25, 0.3) is 11.5 Å². The summed E-state index contributed by atoms with van der Waals surface area (Å²) in [5.74, 6) is 0.315. The molecule has 0 spiro atoms. The number of hydrogen-bond donors (Lipinski definition) is 1. The zero-order valence-corrected chi connectivity index (χ0v) is 14.3. The van der Waals surface area contributed by atoms with E-state index < -0.39 is 0 Å². The van der Waals surface area contributed by atoms with E-state index in [-0.39, 0.29) is 23.1 Å². The van der Waals surface area contributed by atoms with E-state index in [1.165, 1.54) is 10.9 Å². The van der Waals surface area contributed by atoms with Crippen LogP contribution in [0.5, 0.6) is 0 Å². The summed E-state index contributed by atoms with van der Waals surface area (Å²) in [6.45, 7) is 8.34. The first-order chi connectivity index (χ1) is 10.9. The Morgan fingerprint density at radius 3 is 2.65 bits per heavy atom. The summed E-state index contributed by atoms with van der Waals surface area (Å²) < 4.78 is 3.24. The van der Waals surface area contributed by atoms with Crippen LogP contribution in [0.1, 0.15) is 53.7 Å². The van der Waals surface area contributed by atoms with Crippen LogP contribution in [-0.2, 0) is 13.6 Å². The number of pyridine rings is 1. The van der Waals surface area contributed by atoms with Gasteiger partial charge in [0.05, 0.1) is 6.04 Å². The van der Waals surface area contributed by atoms with Gasteiger partial charge in [-0.1, -0.05) is 6.92 Å². The first-order valence-corrected chi connectivity index (χ1v) is 7.76. The normalized spacial score (nSPS) is 12.2. The van der Waals surface area contributed by atoms with Gasteiger partial charge in [-0.25, -0.2) is 9.67 Å². The topological polar surface area (TPSA) is 81.8 Å². The van der Waals surface area contributed by atoms with Crippen LogP contribution >= 0.6 is 0 Å². The second kappa shape index (κ2) is 6.76. The fourth-order valence-corrected chi connectivity index (χ4v) is 2.51. The minimum Gasteiger partial charge on any atom is -0.342 e. The van der Waals surface area contributed by atoms with Crippen LogP contribution in [0.2, 0.25) is 0 Å². The van der Waals surface area contributed by atoms with Crippen LogP contribution in [0.15, 0.2) is 17.2 Å². The van der Waals surface area contributed by atoms with Crippen LogP contribution in [0.3, 0.4) is 0 Å². The smallest absolute Gasteiger partial charge is 0.263 e. The molecular weight excluding hydrogens is 294 g/mol. The molecule has 0 aliphatic heterocycles. The fourth-order valence-electron chi connectivity index (χ4n) is 2.51. The minimum absolute atomic E-state index is 0.150. The van der Waals surface area contributed by atoms with E-state index in [1.807, 2.05) is 27.7 Å². The molecule has 0 unspecified atom stereocenters. The van der Waals surface area contributed by atoms with Crippen molar-refractivity contribution in [3.8, 4) is 0 Å². The summed E-state index contributed by atoms with van der Waals surface area (Å²) in [6.07, 6.45) is 2.14. The maximum absolute atomic E-state index is 12.6. The molecule has 1 N–H and O–H groups in total. The lowest BCUT2D eigenvalue weighted by atomic mass is 10.1. The van der Waals surface area contributed by atoms with Crippen LogP contribution in [-0.4, -0.2) is 25.2 Å². The average molecular weight is 317 g/mol. The van der Waals surface area contributed by atoms with Gasteiger partial charge in [-0.3, -0.25) is 9.59 Å². The SMILES string of the molecule is CC[C@H](NC(=O)c1cc(C)c(C)n(C)c1=O)c1ncnn1CC. The average Bonchev–Trinajstić information content (AvgIpc) is 3.02. The third-order valence-electron chi connectivity index (χ3n) is 4.18. The van der Waals surface area contributed by atoms with E-state index in [0.29, 0.717) is 18.8 Å². The number of aryl methyl sites for hydroxylation is 2. The largest absolute Gasteiger partial charge is 0.342 e. The van der Waals surface area contributed by atoms with Crippen molar-refractivity contribution in [3.63, 3.8) is 0 Å². The number of carbonyl (C=O) groups excluding carboxylic acids is 1. The summed E-state index contributed by atoms with van der Waals surface area (Å²) in [6, 6.07) is 1.36. The molecule has 124 valence electrons. The monoisotopic (exact) mass is 317 g/mol. The van der Waals surface area contributed by atoms with Crippen molar-refractivity contribution in [2.24, 2.45) is 7.05 Å². The van der Waals surface area contributed by atoms with Gasteiger partial charge < -0.3 is 9.88 Å². The Bertz CT molecular complexity index is 775. The summed E-state index contributed by atoms with van der Waals surface area (Å²) in [4.78, 5) is 29.1. The van der Waals surface area contributed by atoms with E-state index in [4.69, 9.17) is 0 Å². The number of carbonyl (C=O) groups is 1. The molecule has 0 aliphatic rings. The third-order valence-corrected chi connectivity index (χ3v) is 4.18. The third kappa shape index (κ3) is 3.18. The Morgan fingerprint density at radius 2 is 2.04 bits per heavy atom. The second-order valence-corrected chi connectivity index (χ2v) is 5.56. The summed E-state index contributed by atoms with van der Waals surface area (Å²) in [7, 11) is 1.67. The molecule has 0 radical (unpaired) electrons. The van der Waals surface area contributed by atoms with Gasteiger partial charge in [0, 0.05) is 19.3 Å². The fraction of sp³-hybridized carbons (Fsp3) is 0.500. The zero-order valence-electron chi connectivity index (χ0n) is 14.3. The highest BCUT2D eigenvalue weighted by atomic mass is 16.2. The zero-order chi connectivity index (χ0) is 17.1. The lowest BCUT2D eigenvalue weighted by molar-refractivity contribution is 0.0930. The van der Waals surface area contributed by atoms with Crippen molar-refractivity contribution in [3.05, 3.63) is 45.4 Å². The van der Waals surface area contributed by atoms with Crippen LogP contribution in [0.25, 0.3) is 0 Å². The molecule has 0 saturated heterocycles. The molecule has 7 heteroatoms. The molecule has 2 rings (SSSR count). The van der Waals surface area contributed by atoms with Crippen molar-refractivity contribution >= 4 is 5.91 Å². The van der Waals surface area contributed by atoms with E-state index >= 15 is 0 Å². The van der Waals surface area contributed by atoms with Gasteiger partial charge in [0.15, 0.2) is 0 Å². The number of aromatic nitrogens is 4. The number of hydrogen-bond acceptors (Lipinski definition) is 4. The Kier molecular flexibility index (Phi) is 4.98. The Hall–Kier alpha value is -2.44. The molecule has 2 aromatic rings. The maximum Gasteiger partial charge on any atom is 0.263 e. The first kappa shape index (κ1) is 16.9. The molecule has 23 heavy (non-hydrogen) atoms. The molecule has 1 atom stereocenters. The Labute approximate surface area is 135 Å². The Balaban J connectivity index is 2.33. The highest BCUT2D eigenvalue weighted by Crippen LogP contribution is 2.14. The maximum atomic E-state index is 12.6. The van der Waals surface area contributed by atoms with Crippen molar-refractivity contribution in [1.29, 1.82) is 0 Å². The van der Waals surface area contributed by atoms with Crippen molar-refractivity contribution in [2.75, 3.05) is 0 Å². The predicted molar refractivity (Wildman–Crippen MR) is 87.4 cm³/mol. The van der Waals surface area contributed by atoms with E-state index in [2.05, 4.69) is 15.4 Å². The second-order valence-electron chi connectivity index (χ2n) is 5.56. The number of amides is 1. The van der Waals surface area contributed by atoms with Gasteiger partial charge in [0.2, 0.25) is 0 Å². The van der Waals surface area contributed by atoms with E-state index in [9.17, 15) is 9.59 Å². The van der Waals surface area contributed by atoms with E-state index in [1.54, 1.807) is 17.8 Å². The van der Waals surface area contributed by atoms with E-state index in [0.717, 1.165) is 11.3 Å². The van der Waals surface area contributed by atoms with Crippen LogP contribution in [0.4, 0.5) is 0 Å². The lowest BCUT2D eigenvalue weighted by Crippen LogP contribution is -2.36.